The molecule has 6 nitrogen and oxygen atoms in total. The van der Waals surface area contributed by atoms with E-state index in [0.29, 0.717) is 29.5 Å². The van der Waals surface area contributed by atoms with E-state index in [9.17, 15) is 4.79 Å². The third kappa shape index (κ3) is 3.90. The fraction of sp³-hybridized carbons (Fsp3) is 0.240. The summed E-state index contributed by atoms with van der Waals surface area (Å²) >= 11 is 1.41. The van der Waals surface area contributed by atoms with Crippen LogP contribution in [0.2, 0.25) is 0 Å². The molecule has 32 heavy (non-hydrogen) atoms. The Bertz CT molecular complexity index is 1210. The highest BCUT2D eigenvalue weighted by atomic mass is 32.1. The minimum atomic E-state index is -0.235. The lowest BCUT2D eigenvalue weighted by atomic mass is 9.99. The second-order valence-corrected chi connectivity index (χ2v) is 8.51. The molecular formula is C25H24N2O4S. The number of anilines is 1. The molecule has 0 aliphatic carbocycles. The highest BCUT2D eigenvalue weighted by molar-refractivity contribution is 7.12. The lowest BCUT2D eigenvalue weighted by Gasteiger charge is -2.34. The Kier molecular flexibility index (Phi) is 5.94. The average molecular weight is 449 g/mol. The summed E-state index contributed by atoms with van der Waals surface area (Å²) in [5.74, 6) is 1.33. The van der Waals surface area contributed by atoms with Gasteiger partial charge in [0.15, 0.2) is 5.76 Å². The van der Waals surface area contributed by atoms with E-state index in [1.807, 2.05) is 60.0 Å². The van der Waals surface area contributed by atoms with Crippen LogP contribution < -0.4 is 10.1 Å². The number of fused-ring (bicyclic) bond motifs is 1. The Morgan fingerprint density at radius 3 is 2.62 bits per heavy atom. The van der Waals surface area contributed by atoms with Crippen LogP contribution in [-0.4, -0.2) is 44.2 Å². The molecule has 1 atom stereocenters. The predicted octanol–water partition coefficient (Wildman–Crippen LogP) is 5.18. The molecule has 5 rings (SSSR count). The van der Waals surface area contributed by atoms with Gasteiger partial charge in [-0.05, 0) is 29.6 Å². The van der Waals surface area contributed by atoms with Crippen LogP contribution >= 0.6 is 11.3 Å². The van der Waals surface area contributed by atoms with Gasteiger partial charge in [-0.1, -0.05) is 36.4 Å². The van der Waals surface area contributed by atoms with Crippen LogP contribution in [0.25, 0.3) is 11.0 Å². The van der Waals surface area contributed by atoms with Crippen molar-refractivity contribution in [1.82, 2.24) is 4.90 Å². The van der Waals surface area contributed by atoms with Crippen LogP contribution in [0.4, 0.5) is 5.69 Å². The van der Waals surface area contributed by atoms with Crippen molar-refractivity contribution in [2.75, 3.05) is 38.7 Å². The minimum absolute atomic E-state index is 0.145. The van der Waals surface area contributed by atoms with Gasteiger partial charge < -0.3 is 19.2 Å². The van der Waals surface area contributed by atoms with Crippen molar-refractivity contribution in [2.24, 2.45) is 0 Å². The first-order valence-electron chi connectivity index (χ1n) is 10.6. The molecule has 0 saturated carbocycles. The van der Waals surface area contributed by atoms with Crippen molar-refractivity contribution in [2.45, 2.75) is 6.04 Å². The smallest absolute Gasteiger partial charge is 0.265 e. The van der Waals surface area contributed by atoms with Crippen molar-refractivity contribution < 1.29 is 18.7 Å². The van der Waals surface area contributed by atoms with E-state index in [4.69, 9.17) is 13.9 Å². The van der Waals surface area contributed by atoms with Crippen molar-refractivity contribution in [3.05, 3.63) is 82.2 Å². The number of hydrogen-bond acceptors (Lipinski definition) is 6. The lowest BCUT2D eigenvalue weighted by molar-refractivity contribution is 0.0202. The quantitative estimate of drug-likeness (QED) is 0.441. The Labute approximate surface area is 190 Å². The molecule has 164 valence electrons. The summed E-state index contributed by atoms with van der Waals surface area (Å²) in [5, 5.41) is 5.91. The summed E-state index contributed by atoms with van der Waals surface area (Å²) in [5.41, 5.74) is 2.42. The van der Waals surface area contributed by atoms with E-state index >= 15 is 0 Å². The maximum absolute atomic E-state index is 13.0. The minimum Gasteiger partial charge on any atom is -0.496 e. The topological polar surface area (TPSA) is 63.9 Å². The number of ether oxygens (including phenoxy) is 2. The Morgan fingerprint density at radius 1 is 1.06 bits per heavy atom. The number of carbonyl (C=O) groups excluding carboxylic acids is 1. The molecule has 0 unspecified atom stereocenters. The number of para-hydroxylation sites is 2. The van der Waals surface area contributed by atoms with Crippen molar-refractivity contribution in [3.8, 4) is 5.75 Å². The van der Waals surface area contributed by atoms with Gasteiger partial charge >= 0.3 is 0 Å². The maximum Gasteiger partial charge on any atom is 0.265 e. The van der Waals surface area contributed by atoms with Crippen LogP contribution in [0, 0.1) is 0 Å². The number of nitrogens with zero attached hydrogens (tertiary/aromatic N) is 1. The predicted molar refractivity (Wildman–Crippen MR) is 126 cm³/mol. The third-order valence-electron chi connectivity index (χ3n) is 5.70. The van der Waals surface area contributed by atoms with E-state index < -0.39 is 0 Å². The van der Waals surface area contributed by atoms with E-state index in [0.717, 1.165) is 35.4 Å². The van der Waals surface area contributed by atoms with Crippen LogP contribution in [0.3, 0.4) is 0 Å². The highest BCUT2D eigenvalue weighted by Gasteiger charge is 2.33. The zero-order valence-electron chi connectivity index (χ0n) is 17.7. The molecule has 1 fully saturated rings. The van der Waals surface area contributed by atoms with Crippen LogP contribution in [0.15, 0.2) is 70.5 Å². The molecule has 2 aromatic carbocycles. The summed E-state index contributed by atoms with van der Waals surface area (Å²) in [7, 11) is 1.67. The summed E-state index contributed by atoms with van der Waals surface area (Å²) in [6.45, 7) is 2.78. The van der Waals surface area contributed by atoms with E-state index in [2.05, 4.69) is 16.3 Å². The SMILES string of the molecule is COc1ccccc1[C@H](c1oc2ccccc2c1NC(=O)c1cccs1)N1CCOCC1. The van der Waals surface area contributed by atoms with Gasteiger partial charge in [0.1, 0.15) is 11.3 Å². The molecule has 2 aromatic heterocycles. The maximum atomic E-state index is 13.0. The molecule has 0 spiro atoms. The summed E-state index contributed by atoms with van der Waals surface area (Å²) in [4.78, 5) is 16.0. The largest absolute Gasteiger partial charge is 0.496 e. The van der Waals surface area contributed by atoms with Gasteiger partial charge in [0.05, 0.1) is 36.9 Å². The highest BCUT2D eigenvalue weighted by Crippen LogP contribution is 2.43. The van der Waals surface area contributed by atoms with Gasteiger partial charge in [-0.25, -0.2) is 0 Å². The van der Waals surface area contributed by atoms with E-state index in [1.54, 1.807) is 7.11 Å². The Balaban J connectivity index is 1.67. The molecule has 7 heteroatoms. The van der Waals surface area contributed by atoms with E-state index in [1.165, 1.54) is 11.3 Å². The number of carbonyl (C=O) groups is 1. The van der Waals surface area contributed by atoms with Crippen molar-refractivity contribution in [1.29, 1.82) is 0 Å². The first-order chi connectivity index (χ1) is 15.8. The van der Waals surface area contributed by atoms with Crippen molar-refractivity contribution >= 4 is 33.9 Å². The molecule has 0 radical (unpaired) electrons. The monoisotopic (exact) mass is 448 g/mol. The number of benzene rings is 2. The second-order valence-electron chi connectivity index (χ2n) is 7.56. The number of hydrogen-bond donors (Lipinski definition) is 1. The summed E-state index contributed by atoms with van der Waals surface area (Å²) in [6.07, 6.45) is 0. The standard InChI is InChI=1S/C25H24N2O4S/c1-29-19-9-4-3-8-18(19)23(27-12-14-30-15-13-27)24-22(17-7-2-5-10-20(17)31-24)26-25(28)21-11-6-16-32-21/h2-11,16,23H,12-15H2,1H3,(H,26,28)/t23-/m1/s1. The number of morpholine rings is 1. The second kappa shape index (κ2) is 9.16. The molecule has 1 amide bonds. The first-order valence-corrected chi connectivity index (χ1v) is 11.4. The van der Waals surface area contributed by atoms with Gasteiger partial charge in [0.2, 0.25) is 0 Å². The molecule has 1 saturated heterocycles. The molecule has 4 aromatic rings. The average Bonchev–Trinajstić information content (AvgIpc) is 3.50. The van der Waals surface area contributed by atoms with Crippen LogP contribution in [0.1, 0.15) is 27.0 Å². The van der Waals surface area contributed by atoms with Crippen LogP contribution in [-0.2, 0) is 4.74 Å². The molecule has 0 bridgehead atoms. The lowest BCUT2D eigenvalue weighted by Crippen LogP contribution is -2.39. The number of amides is 1. The van der Waals surface area contributed by atoms with Gasteiger partial charge in [-0.3, -0.25) is 9.69 Å². The zero-order chi connectivity index (χ0) is 21.9. The fourth-order valence-electron chi connectivity index (χ4n) is 4.20. The van der Waals surface area contributed by atoms with E-state index in [-0.39, 0.29) is 11.9 Å². The van der Waals surface area contributed by atoms with Crippen LogP contribution in [0.5, 0.6) is 5.75 Å². The number of thiophene rings is 1. The normalized spacial score (nSPS) is 15.5. The summed E-state index contributed by atoms with van der Waals surface area (Å²) < 4.78 is 17.8. The van der Waals surface area contributed by atoms with Gasteiger partial charge in [-0.15, -0.1) is 11.3 Å². The molecule has 1 N–H and O–H groups in total. The fourth-order valence-corrected chi connectivity index (χ4v) is 4.82. The number of furan rings is 1. The first kappa shape index (κ1) is 20.8. The Hall–Kier alpha value is -3.13. The number of methoxy groups -OCH3 is 1. The number of rotatable bonds is 6. The molecule has 1 aliphatic heterocycles. The van der Waals surface area contributed by atoms with Crippen molar-refractivity contribution in [3.63, 3.8) is 0 Å². The van der Waals surface area contributed by atoms with Gasteiger partial charge in [0.25, 0.3) is 5.91 Å². The van der Waals surface area contributed by atoms with Gasteiger partial charge in [-0.2, -0.15) is 0 Å². The zero-order valence-corrected chi connectivity index (χ0v) is 18.6. The number of nitrogens with one attached hydrogen (secondary N) is 1. The van der Waals surface area contributed by atoms with Gasteiger partial charge in [0, 0.05) is 24.0 Å². The third-order valence-corrected chi connectivity index (χ3v) is 6.57. The Morgan fingerprint density at radius 2 is 1.84 bits per heavy atom. The molecule has 1 aliphatic rings. The molecule has 3 heterocycles. The summed E-state index contributed by atoms with van der Waals surface area (Å²) in [6, 6.07) is 19.2. The molecular weight excluding hydrogens is 424 g/mol.